The van der Waals surface area contributed by atoms with Gasteiger partial charge in [-0.25, -0.2) is 0 Å². The number of hydrogen-bond donors (Lipinski definition) is 0. The van der Waals surface area contributed by atoms with Gasteiger partial charge in [0.05, 0.1) is 0 Å². The van der Waals surface area contributed by atoms with Gasteiger partial charge in [0.15, 0.2) is 0 Å². The lowest BCUT2D eigenvalue weighted by Crippen LogP contribution is -2.11. The van der Waals surface area contributed by atoms with Gasteiger partial charge in [-0.15, -0.1) is 0 Å². The maximum Gasteiger partial charge on any atom is 0.337 e. The van der Waals surface area contributed by atoms with Gasteiger partial charge in [0.1, 0.15) is 11.9 Å². The smallest absolute Gasteiger partial charge is 0.312 e. The van der Waals surface area contributed by atoms with E-state index < -0.39 is 7.60 Å². The van der Waals surface area contributed by atoms with Gasteiger partial charge in [0.2, 0.25) is 0 Å². The summed E-state index contributed by atoms with van der Waals surface area (Å²) in [6.45, 7) is 0. The molecular weight excluding hydrogens is 299 g/mol. The Morgan fingerprint density at radius 3 is 2.18 bits per heavy atom. The third kappa shape index (κ3) is 4.14. The summed E-state index contributed by atoms with van der Waals surface area (Å²) >= 11 is 0. The molecule has 0 radical (unpaired) electrons. The highest BCUT2D eigenvalue weighted by Crippen LogP contribution is 2.46. The molecule has 0 aliphatic heterocycles. The van der Waals surface area contributed by atoms with E-state index in [-0.39, 0.29) is 18.4 Å². The van der Waals surface area contributed by atoms with E-state index in [1.807, 2.05) is 54.6 Å². The second kappa shape index (κ2) is 7.50. The average molecular weight is 318 g/mol. The SMILES string of the molecule is COP(=O)(CC(=O)Cc1ccccc1-c1ccccc1)OC. The lowest BCUT2D eigenvalue weighted by atomic mass is 9.97. The molecule has 2 rings (SSSR count). The standard InChI is InChI=1S/C17H19O4P/c1-20-22(19,21-2)13-16(18)12-15-10-6-7-11-17(15)14-8-4-3-5-9-14/h3-11H,12-13H2,1-2H3. The van der Waals surface area contributed by atoms with Crippen LogP contribution in [0.4, 0.5) is 0 Å². The summed E-state index contributed by atoms with van der Waals surface area (Å²) in [5.74, 6) is -0.171. The molecule has 0 aromatic heterocycles. The summed E-state index contributed by atoms with van der Waals surface area (Å²) in [4.78, 5) is 12.2. The van der Waals surface area contributed by atoms with Crippen LogP contribution in [0.3, 0.4) is 0 Å². The molecule has 0 unspecified atom stereocenters. The fourth-order valence-electron chi connectivity index (χ4n) is 2.26. The maximum absolute atomic E-state index is 12.2. The summed E-state index contributed by atoms with van der Waals surface area (Å²) in [5, 5.41) is 0. The van der Waals surface area contributed by atoms with Crippen LogP contribution in [0.2, 0.25) is 0 Å². The largest absolute Gasteiger partial charge is 0.337 e. The van der Waals surface area contributed by atoms with Gasteiger partial charge >= 0.3 is 7.60 Å². The highest BCUT2D eigenvalue weighted by atomic mass is 31.2. The van der Waals surface area contributed by atoms with Gasteiger partial charge in [-0.3, -0.25) is 9.36 Å². The molecule has 0 bridgehead atoms. The third-order valence-electron chi connectivity index (χ3n) is 3.42. The molecule has 0 aliphatic carbocycles. The minimum absolute atomic E-state index is 0.171. The van der Waals surface area contributed by atoms with Crippen molar-refractivity contribution in [1.82, 2.24) is 0 Å². The number of rotatable bonds is 7. The van der Waals surface area contributed by atoms with Crippen LogP contribution in [0, 0.1) is 0 Å². The fourth-order valence-corrected chi connectivity index (χ4v) is 3.21. The lowest BCUT2D eigenvalue weighted by Gasteiger charge is -2.13. The predicted octanol–water partition coefficient (Wildman–Crippen LogP) is 3.95. The van der Waals surface area contributed by atoms with E-state index >= 15 is 0 Å². The Labute approximate surface area is 130 Å². The van der Waals surface area contributed by atoms with Gasteiger partial charge in [0, 0.05) is 20.6 Å². The van der Waals surface area contributed by atoms with E-state index in [9.17, 15) is 9.36 Å². The van der Waals surface area contributed by atoms with Gasteiger partial charge < -0.3 is 9.05 Å². The van der Waals surface area contributed by atoms with Gasteiger partial charge in [-0.05, 0) is 16.7 Å². The molecule has 0 amide bonds. The number of carbonyl (C=O) groups excluding carboxylic acids is 1. The molecule has 0 fully saturated rings. The zero-order chi connectivity index (χ0) is 16.0. The predicted molar refractivity (Wildman–Crippen MR) is 87.1 cm³/mol. The van der Waals surface area contributed by atoms with Gasteiger partial charge in [0.25, 0.3) is 0 Å². The summed E-state index contributed by atoms with van der Waals surface area (Å²) < 4.78 is 21.7. The molecule has 22 heavy (non-hydrogen) atoms. The van der Waals surface area contributed by atoms with Crippen molar-refractivity contribution in [1.29, 1.82) is 0 Å². The molecule has 4 nitrogen and oxygen atoms in total. The monoisotopic (exact) mass is 318 g/mol. The molecule has 0 atom stereocenters. The first-order valence-corrected chi connectivity index (χ1v) is 8.66. The van der Waals surface area contributed by atoms with Crippen molar-refractivity contribution in [2.24, 2.45) is 0 Å². The lowest BCUT2D eigenvalue weighted by molar-refractivity contribution is -0.116. The number of Topliss-reactive ketones (excluding diaryl/α,β-unsaturated/α-hetero) is 1. The summed E-state index contributed by atoms with van der Waals surface area (Å²) in [5.41, 5.74) is 2.95. The maximum atomic E-state index is 12.2. The molecular formula is C17H19O4P. The molecule has 116 valence electrons. The Morgan fingerprint density at radius 1 is 0.955 bits per heavy atom. The first kappa shape index (κ1) is 16.6. The number of carbonyl (C=O) groups is 1. The molecule has 0 N–H and O–H groups in total. The van der Waals surface area contributed by atoms with E-state index in [2.05, 4.69) is 0 Å². The van der Waals surface area contributed by atoms with Crippen molar-refractivity contribution in [3.05, 3.63) is 60.2 Å². The summed E-state index contributed by atoms with van der Waals surface area (Å²) in [6.07, 6.45) is -0.0229. The summed E-state index contributed by atoms with van der Waals surface area (Å²) in [6, 6.07) is 17.6. The molecule has 0 spiro atoms. The van der Waals surface area contributed by atoms with Crippen LogP contribution >= 0.6 is 7.60 Å². The quantitative estimate of drug-likeness (QED) is 0.725. The van der Waals surface area contributed by atoms with Crippen molar-refractivity contribution >= 4 is 13.4 Å². The van der Waals surface area contributed by atoms with Crippen LogP contribution in [0.15, 0.2) is 54.6 Å². The van der Waals surface area contributed by atoms with Crippen molar-refractivity contribution in [3.8, 4) is 11.1 Å². The Morgan fingerprint density at radius 2 is 1.55 bits per heavy atom. The molecule has 5 heteroatoms. The van der Waals surface area contributed by atoms with Crippen LogP contribution in [-0.4, -0.2) is 26.2 Å². The topological polar surface area (TPSA) is 52.6 Å². The zero-order valence-corrected chi connectivity index (χ0v) is 13.6. The molecule has 0 heterocycles. The molecule has 2 aromatic carbocycles. The number of ketones is 1. The summed E-state index contributed by atoms with van der Waals surface area (Å²) in [7, 11) is -0.737. The van der Waals surface area contributed by atoms with E-state index in [4.69, 9.17) is 9.05 Å². The minimum atomic E-state index is -3.31. The second-order valence-corrected chi connectivity index (χ2v) is 7.14. The highest BCUT2D eigenvalue weighted by molar-refractivity contribution is 7.54. The Hall–Kier alpha value is -1.74. The van der Waals surface area contributed by atoms with Crippen molar-refractivity contribution in [2.45, 2.75) is 6.42 Å². The van der Waals surface area contributed by atoms with Gasteiger partial charge in [-0.2, -0.15) is 0 Å². The Balaban J connectivity index is 2.21. The van der Waals surface area contributed by atoms with E-state index in [1.165, 1.54) is 14.2 Å². The van der Waals surface area contributed by atoms with Crippen LogP contribution in [0.5, 0.6) is 0 Å². The van der Waals surface area contributed by atoms with Crippen molar-refractivity contribution in [3.63, 3.8) is 0 Å². The van der Waals surface area contributed by atoms with Crippen LogP contribution in [0.1, 0.15) is 5.56 Å². The van der Waals surface area contributed by atoms with Crippen LogP contribution in [0.25, 0.3) is 11.1 Å². The van der Waals surface area contributed by atoms with Crippen LogP contribution in [-0.2, 0) is 24.8 Å². The van der Waals surface area contributed by atoms with E-state index in [0.29, 0.717) is 0 Å². The van der Waals surface area contributed by atoms with Crippen LogP contribution < -0.4 is 0 Å². The Kier molecular flexibility index (Phi) is 5.67. The molecule has 0 saturated heterocycles. The number of hydrogen-bond acceptors (Lipinski definition) is 4. The Bertz CT molecular complexity index is 674. The highest BCUT2D eigenvalue weighted by Gasteiger charge is 2.25. The molecule has 0 aliphatic rings. The normalized spacial score (nSPS) is 11.4. The molecule has 0 saturated carbocycles. The first-order valence-electron chi connectivity index (χ1n) is 6.93. The van der Waals surface area contributed by atoms with Crippen molar-refractivity contribution < 1.29 is 18.4 Å². The molecule has 2 aromatic rings. The first-order chi connectivity index (χ1) is 10.6. The third-order valence-corrected chi connectivity index (χ3v) is 5.27. The fraction of sp³-hybridized carbons (Fsp3) is 0.235. The second-order valence-electron chi connectivity index (χ2n) is 4.87. The van der Waals surface area contributed by atoms with E-state index in [0.717, 1.165) is 16.7 Å². The van der Waals surface area contributed by atoms with E-state index in [1.54, 1.807) is 0 Å². The zero-order valence-electron chi connectivity index (χ0n) is 12.7. The minimum Gasteiger partial charge on any atom is -0.312 e. The average Bonchev–Trinajstić information content (AvgIpc) is 2.56. The van der Waals surface area contributed by atoms with Gasteiger partial charge in [-0.1, -0.05) is 54.6 Å². The number of benzene rings is 2. The van der Waals surface area contributed by atoms with Crippen molar-refractivity contribution in [2.75, 3.05) is 20.4 Å².